The lowest BCUT2D eigenvalue weighted by molar-refractivity contribution is -0.141. The zero-order valence-corrected chi connectivity index (χ0v) is 19.8. The van der Waals surface area contributed by atoms with Crippen molar-refractivity contribution in [1.29, 1.82) is 5.26 Å². The van der Waals surface area contributed by atoms with E-state index in [0.717, 1.165) is 16.0 Å². The van der Waals surface area contributed by atoms with Crippen molar-refractivity contribution < 1.29 is 23.5 Å². The van der Waals surface area contributed by atoms with E-state index in [1.165, 1.54) is 12.1 Å². The van der Waals surface area contributed by atoms with E-state index in [2.05, 4.69) is 0 Å². The molecule has 0 unspecified atom stereocenters. The van der Waals surface area contributed by atoms with Crippen LogP contribution in [-0.2, 0) is 22.7 Å². The molecule has 7 heteroatoms. The molecule has 3 aromatic carbocycles. The fraction of sp³-hybridized carbons (Fsp3) is 0.138. The van der Waals surface area contributed by atoms with Gasteiger partial charge in [-0.25, -0.2) is 4.39 Å². The number of amides is 2. The number of methoxy groups -OCH3 is 1. The Bertz CT molecular complexity index is 1380. The Morgan fingerprint density at radius 3 is 2.11 bits per heavy atom. The maximum atomic E-state index is 13.3. The van der Waals surface area contributed by atoms with Gasteiger partial charge in [-0.1, -0.05) is 36.4 Å². The van der Waals surface area contributed by atoms with Gasteiger partial charge in [0.25, 0.3) is 11.8 Å². The fourth-order valence-electron chi connectivity index (χ4n) is 3.76. The Hall–Kier alpha value is -4.70. The van der Waals surface area contributed by atoms with E-state index in [4.69, 9.17) is 9.47 Å². The average Bonchev–Trinajstić information content (AvgIpc) is 2.90. The number of nitrogens with zero attached hydrogens (tertiary/aromatic N) is 2. The Kier molecular flexibility index (Phi) is 7.26. The highest BCUT2D eigenvalue weighted by Crippen LogP contribution is 2.29. The molecule has 3 aromatic rings. The zero-order valence-electron chi connectivity index (χ0n) is 19.8. The summed E-state index contributed by atoms with van der Waals surface area (Å²) in [6.45, 7) is 1.92. The van der Waals surface area contributed by atoms with Crippen molar-refractivity contribution in [3.8, 4) is 17.6 Å². The number of nitriles is 1. The highest BCUT2D eigenvalue weighted by molar-refractivity contribution is 6.19. The number of hydrogen-bond acceptors (Lipinski definition) is 5. The molecule has 180 valence electrons. The van der Waals surface area contributed by atoms with Gasteiger partial charge in [0.2, 0.25) is 0 Å². The quantitative estimate of drug-likeness (QED) is 0.341. The van der Waals surface area contributed by atoms with Gasteiger partial charge in [0, 0.05) is 5.57 Å². The van der Waals surface area contributed by atoms with E-state index in [1.54, 1.807) is 80.8 Å². The minimum absolute atomic E-state index is 0.0353. The highest BCUT2D eigenvalue weighted by atomic mass is 19.1. The maximum absolute atomic E-state index is 13.3. The molecule has 0 saturated carbocycles. The number of carbonyl (C=O) groups excluding carboxylic acids is 2. The molecule has 0 atom stereocenters. The normalized spacial score (nSPS) is 14.7. The first-order valence-electron chi connectivity index (χ1n) is 11.2. The van der Waals surface area contributed by atoms with E-state index in [0.29, 0.717) is 22.6 Å². The molecule has 0 spiro atoms. The SMILES string of the molecule is COc1ccc(CN2C(=O)C(C#N)=C(C)/C(=C\c3ccc(OCc4ccc(F)cc4)cc3)C2=O)cc1. The van der Waals surface area contributed by atoms with Crippen LogP contribution in [-0.4, -0.2) is 23.8 Å². The Morgan fingerprint density at radius 1 is 0.889 bits per heavy atom. The van der Waals surface area contributed by atoms with Gasteiger partial charge in [0.05, 0.1) is 13.7 Å². The summed E-state index contributed by atoms with van der Waals surface area (Å²) in [7, 11) is 1.56. The molecule has 0 saturated heterocycles. The average molecular weight is 483 g/mol. The van der Waals surface area contributed by atoms with E-state index in [-0.39, 0.29) is 30.1 Å². The van der Waals surface area contributed by atoms with Crippen molar-refractivity contribution in [2.45, 2.75) is 20.1 Å². The summed E-state index contributed by atoms with van der Waals surface area (Å²) < 4.78 is 24.0. The third-order valence-corrected chi connectivity index (χ3v) is 5.83. The molecule has 0 bridgehead atoms. The van der Waals surface area contributed by atoms with E-state index < -0.39 is 11.8 Å². The molecule has 0 radical (unpaired) electrons. The monoisotopic (exact) mass is 482 g/mol. The van der Waals surface area contributed by atoms with Crippen LogP contribution in [0.4, 0.5) is 4.39 Å². The molecule has 4 rings (SSSR count). The lowest BCUT2D eigenvalue weighted by atomic mass is 9.93. The minimum Gasteiger partial charge on any atom is -0.497 e. The van der Waals surface area contributed by atoms with Crippen molar-refractivity contribution in [3.05, 3.63) is 112 Å². The Labute approximate surface area is 208 Å². The van der Waals surface area contributed by atoms with Crippen molar-refractivity contribution in [2.24, 2.45) is 0 Å². The topological polar surface area (TPSA) is 79.6 Å². The standard InChI is InChI=1S/C29H23FN2O4/c1-19-26(15-20-5-13-25(14-6-20)36-18-22-3-9-23(30)10-4-22)28(33)32(29(34)27(19)16-31)17-21-7-11-24(35-2)12-8-21/h3-15H,17-18H2,1-2H3/b26-15+. The van der Waals surface area contributed by atoms with Gasteiger partial charge < -0.3 is 9.47 Å². The first-order valence-corrected chi connectivity index (χ1v) is 11.2. The van der Waals surface area contributed by atoms with Crippen molar-refractivity contribution in [3.63, 3.8) is 0 Å². The molecule has 6 nitrogen and oxygen atoms in total. The molecule has 2 amide bonds. The van der Waals surface area contributed by atoms with Gasteiger partial charge in [-0.2, -0.15) is 5.26 Å². The number of ether oxygens (including phenoxy) is 2. The van der Waals surface area contributed by atoms with Gasteiger partial charge in [-0.3, -0.25) is 14.5 Å². The van der Waals surface area contributed by atoms with Crippen LogP contribution in [0.1, 0.15) is 23.6 Å². The second kappa shape index (κ2) is 10.7. The fourth-order valence-corrected chi connectivity index (χ4v) is 3.76. The highest BCUT2D eigenvalue weighted by Gasteiger charge is 2.35. The molecule has 0 aromatic heterocycles. The zero-order chi connectivity index (χ0) is 25.7. The number of imide groups is 1. The summed E-state index contributed by atoms with van der Waals surface area (Å²) in [5, 5.41) is 9.61. The molecular weight excluding hydrogens is 459 g/mol. The maximum Gasteiger partial charge on any atom is 0.271 e. The van der Waals surface area contributed by atoms with Gasteiger partial charge in [0.1, 0.15) is 35.6 Å². The van der Waals surface area contributed by atoms with Crippen LogP contribution in [0.5, 0.6) is 11.5 Å². The second-order valence-electron chi connectivity index (χ2n) is 8.20. The summed E-state index contributed by atoms with van der Waals surface area (Å²) >= 11 is 0. The van der Waals surface area contributed by atoms with Crippen LogP contribution >= 0.6 is 0 Å². The third-order valence-electron chi connectivity index (χ3n) is 5.83. The van der Waals surface area contributed by atoms with Crippen LogP contribution < -0.4 is 9.47 Å². The van der Waals surface area contributed by atoms with Gasteiger partial charge >= 0.3 is 0 Å². The molecule has 1 aliphatic heterocycles. The van der Waals surface area contributed by atoms with E-state index >= 15 is 0 Å². The number of hydrogen-bond donors (Lipinski definition) is 0. The molecular formula is C29H23FN2O4. The number of halogens is 1. The summed E-state index contributed by atoms with van der Waals surface area (Å²) in [6, 6.07) is 22.1. The number of benzene rings is 3. The summed E-state index contributed by atoms with van der Waals surface area (Å²) in [4.78, 5) is 27.3. The summed E-state index contributed by atoms with van der Waals surface area (Å²) in [6.07, 6.45) is 1.66. The van der Waals surface area contributed by atoms with Crippen LogP contribution in [0.25, 0.3) is 6.08 Å². The second-order valence-corrected chi connectivity index (χ2v) is 8.20. The number of rotatable bonds is 7. The lowest BCUT2D eigenvalue weighted by Crippen LogP contribution is -2.42. The van der Waals surface area contributed by atoms with Crippen LogP contribution in [0, 0.1) is 17.1 Å². The third kappa shape index (κ3) is 5.34. The largest absolute Gasteiger partial charge is 0.497 e. The Balaban J connectivity index is 1.55. The lowest BCUT2D eigenvalue weighted by Gasteiger charge is -2.27. The van der Waals surface area contributed by atoms with Crippen molar-refractivity contribution >= 4 is 17.9 Å². The van der Waals surface area contributed by atoms with Crippen molar-refractivity contribution in [2.75, 3.05) is 7.11 Å². The molecule has 36 heavy (non-hydrogen) atoms. The predicted molar refractivity (Wildman–Crippen MR) is 132 cm³/mol. The van der Waals surface area contributed by atoms with E-state index in [9.17, 15) is 19.2 Å². The van der Waals surface area contributed by atoms with Crippen LogP contribution in [0.3, 0.4) is 0 Å². The molecule has 0 N–H and O–H groups in total. The first kappa shape index (κ1) is 24.4. The van der Waals surface area contributed by atoms with Crippen LogP contribution in [0.2, 0.25) is 0 Å². The van der Waals surface area contributed by atoms with Gasteiger partial charge in [-0.05, 0) is 71.7 Å². The smallest absolute Gasteiger partial charge is 0.271 e. The van der Waals surface area contributed by atoms with Gasteiger partial charge in [0.15, 0.2) is 0 Å². The predicted octanol–water partition coefficient (Wildman–Crippen LogP) is 5.21. The molecule has 1 heterocycles. The minimum atomic E-state index is -0.613. The van der Waals surface area contributed by atoms with E-state index in [1.807, 2.05) is 6.07 Å². The summed E-state index contributed by atoms with van der Waals surface area (Å²) in [5.74, 6) is -0.116. The molecule has 0 fully saturated rings. The Morgan fingerprint density at radius 2 is 1.50 bits per heavy atom. The van der Waals surface area contributed by atoms with Crippen LogP contribution in [0.15, 0.2) is 89.5 Å². The molecule has 0 aliphatic carbocycles. The van der Waals surface area contributed by atoms with Crippen molar-refractivity contribution in [1.82, 2.24) is 4.90 Å². The molecule has 1 aliphatic rings. The first-order chi connectivity index (χ1) is 17.4. The number of carbonyl (C=O) groups is 2. The summed E-state index contributed by atoms with van der Waals surface area (Å²) in [5.41, 5.74) is 2.84. The van der Waals surface area contributed by atoms with Gasteiger partial charge in [-0.15, -0.1) is 0 Å².